The van der Waals surface area contributed by atoms with Crippen LogP contribution >= 0.6 is 0 Å². The zero-order chi connectivity index (χ0) is 15.6. The highest BCUT2D eigenvalue weighted by molar-refractivity contribution is 5.86. The number of carbonyl (C=O) groups excluding carboxylic acids is 1. The van der Waals surface area contributed by atoms with Crippen LogP contribution in [0.5, 0.6) is 0 Å². The molecule has 0 unspecified atom stereocenters. The minimum atomic E-state index is -0.649. The molecule has 112 valence electrons. The summed E-state index contributed by atoms with van der Waals surface area (Å²) in [4.78, 5) is 24.1. The third-order valence-corrected chi connectivity index (χ3v) is 2.73. The van der Waals surface area contributed by atoms with E-state index in [-0.39, 0.29) is 17.0 Å². The van der Waals surface area contributed by atoms with Gasteiger partial charge in [-0.05, 0) is 13.8 Å². The van der Waals surface area contributed by atoms with Crippen LogP contribution in [0.2, 0.25) is 0 Å². The number of nitrogens with zero attached hydrogens (tertiary/aromatic N) is 4. The lowest BCUT2D eigenvalue weighted by Gasteiger charge is -2.11. The summed E-state index contributed by atoms with van der Waals surface area (Å²) in [5, 5.41) is 3.89. The maximum absolute atomic E-state index is 11.9. The third kappa shape index (κ3) is 3.62. The molecule has 0 aliphatic carbocycles. The highest BCUT2D eigenvalue weighted by atomic mass is 16.6. The highest BCUT2D eigenvalue weighted by Gasteiger charge is 2.25. The Labute approximate surface area is 122 Å². The van der Waals surface area contributed by atoms with Crippen LogP contribution in [-0.4, -0.2) is 26.1 Å². The molecule has 2 aromatic rings. The van der Waals surface area contributed by atoms with E-state index in [1.807, 2.05) is 20.8 Å². The molecule has 1 atom stereocenters. The van der Waals surface area contributed by atoms with E-state index in [0.29, 0.717) is 5.82 Å². The Balaban J connectivity index is 2.07. The van der Waals surface area contributed by atoms with Crippen molar-refractivity contribution in [3.05, 3.63) is 35.5 Å². The molecule has 2 aromatic heterocycles. The topological polar surface area (TPSA) is 91.0 Å². The van der Waals surface area contributed by atoms with Crippen LogP contribution in [0.3, 0.4) is 0 Å². The molecule has 7 heteroatoms. The van der Waals surface area contributed by atoms with Crippen molar-refractivity contribution in [3.8, 4) is 0 Å². The first-order valence-corrected chi connectivity index (χ1v) is 6.61. The first kappa shape index (κ1) is 15.1. The average Bonchev–Trinajstić information content (AvgIpc) is 2.88. The van der Waals surface area contributed by atoms with E-state index in [2.05, 4.69) is 20.1 Å². The van der Waals surface area contributed by atoms with Crippen LogP contribution < -0.4 is 0 Å². The van der Waals surface area contributed by atoms with Crippen molar-refractivity contribution in [1.29, 1.82) is 0 Å². The fourth-order valence-electron chi connectivity index (χ4n) is 1.47. The normalized spacial score (nSPS) is 13.0. The predicted molar refractivity (Wildman–Crippen MR) is 73.6 cm³/mol. The van der Waals surface area contributed by atoms with Gasteiger partial charge in [-0.2, -0.15) is 4.98 Å². The monoisotopic (exact) mass is 290 g/mol. The van der Waals surface area contributed by atoms with Gasteiger partial charge in [-0.15, -0.1) is 0 Å². The lowest BCUT2D eigenvalue weighted by molar-refractivity contribution is 0.0258. The number of aromatic nitrogens is 4. The molecule has 0 N–H and O–H groups in total. The zero-order valence-corrected chi connectivity index (χ0v) is 12.7. The molecular formula is C14H18N4O3. The molecular weight excluding hydrogens is 272 g/mol. The van der Waals surface area contributed by atoms with Crippen molar-refractivity contribution in [2.75, 3.05) is 0 Å². The summed E-state index contributed by atoms with van der Waals surface area (Å²) in [5.74, 6) is 0.245. The summed E-state index contributed by atoms with van der Waals surface area (Å²) in [6, 6.07) is 0. The number of ether oxygens (including phenoxy) is 1. The maximum Gasteiger partial charge on any atom is 0.359 e. The molecule has 0 saturated heterocycles. The summed E-state index contributed by atoms with van der Waals surface area (Å²) in [6.45, 7) is 9.37. The molecule has 0 amide bonds. The van der Waals surface area contributed by atoms with Crippen LogP contribution in [0.25, 0.3) is 0 Å². The van der Waals surface area contributed by atoms with Gasteiger partial charge in [-0.3, -0.25) is 4.98 Å². The number of esters is 1. The van der Waals surface area contributed by atoms with Gasteiger partial charge >= 0.3 is 5.97 Å². The van der Waals surface area contributed by atoms with Gasteiger partial charge in [0.1, 0.15) is 0 Å². The Morgan fingerprint density at radius 1 is 1.29 bits per heavy atom. The van der Waals surface area contributed by atoms with E-state index in [1.54, 1.807) is 13.8 Å². The fraction of sp³-hybridized carbons (Fsp3) is 0.500. The number of hydrogen-bond donors (Lipinski definition) is 0. The van der Waals surface area contributed by atoms with Gasteiger partial charge in [0.2, 0.25) is 0 Å². The fourth-order valence-corrected chi connectivity index (χ4v) is 1.47. The first-order valence-electron chi connectivity index (χ1n) is 6.61. The molecule has 0 aliphatic rings. The van der Waals surface area contributed by atoms with Gasteiger partial charge in [0.15, 0.2) is 17.6 Å². The minimum Gasteiger partial charge on any atom is -0.448 e. The highest BCUT2D eigenvalue weighted by Crippen LogP contribution is 2.22. The largest absolute Gasteiger partial charge is 0.448 e. The van der Waals surface area contributed by atoms with E-state index in [4.69, 9.17) is 9.26 Å². The van der Waals surface area contributed by atoms with E-state index in [1.165, 1.54) is 12.4 Å². The van der Waals surface area contributed by atoms with Crippen LogP contribution in [0.4, 0.5) is 0 Å². The van der Waals surface area contributed by atoms with Gasteiger partial charge in [0.05, 0.1) is 11.9 Å². The summed E-state index contributed by atoms with van der Waals surface area (Å²) in [7, 11) is 0. The molecule has 21 heavy (non-hydrogen) atoms. The summed E-state index contributed by atoms with van der Waals surface area (Å²) >= 11 is 0. The third-order valence-electron chi connectivity index (χ3n) is 2.73. The number of aryl methyl sites for hydroxylation is 1. The SMILES string of the molecule is Cc1cnc(C(=O)O[C@H](C)c2nc(C(C)(C)C)no2)cn1. The molecule has 0 fully saturated rings. The maximum atomic E-state index is 11.9. The second-order valence-electron chi connectivity index (χ2n) is 5.80. The quantitative estimate of drug-likeness (QED) is 0.801. The molecule has 0 spiro atoms. The van der Waals surface area contributed by atoms with Gasteiger partial charge in [0.25, 0.3) is 5.89 Å². The lowest BCUT2D eigenvalue weighted by atomic mass is 9.96. The van der Waals surface area contributed by atoms with Crippen LogP contribution in [0, 0.1) is 6.92 Å². The van der Waals surface area contributed by atoms with Gasteiger partial charge < -0.3 is 9.26 Å². The lowest BCUT2D eigenvalue weighted by Crippen LogP contribution is -2.14. The molecule has 0 saturated carbocycles. The van der Waals surface area contributed by atoms with E-state index < -0.39 is 12.1 Å². The number of hydrogen-bond acceptors (Lipinski definition) is 7. The number of rotatable bonds is 3. The van der Waals surface area contributed by atoms with Crippen molar-refractivity contribution >= 4 is 5.97 Å². The van der Waals surface area contributed by atoms with Crippen molar-refractivity contribution in [2.45, 2.75) is 46.1 Å². The van der Waals surface area contributed by atoms with Crippen LogP contribution in [0.1, 0.15) is 61.7 Å². The zero-order valence-electron chi connectivity index (χ0n) is 12.7. The summed E-state index contributed by atoms with van der Waals surface area (Å²) in [5.41, 5.74) is 0.641. The first-order chi connectivity index (χ1) is 9.77. The van der Waals surface area contributed by atoms with Gasteiger partial charge in [-0.1, -0.05) is 25.9 Å². The van der Waals surface area contributed by atoms with Crippen LogP contribution in [-0.2, 0) is 10.2 Å². The van der Waals surface area contributed by atoms with Gasteiger partial charge in [0, 0.05) is 11.6 Å². The smallest absolute Gasteiger partial charge is 0.359 e. The number of carbonyl (C=O) groups is 1. The van der Waals surface area contributed by atoms with E-state index in [9.17, 15) is 4.79 Å². The van der Waals surface area contributed by atoms with Crippen molar-refractivity contribution < 1.29 is 14.1 Å². The summed E-state index contributed by atoms with van der Waals surface area (Å²) < 4.78 is 10.4. The molecule has 0 aromatic carbocycles. The Bertz CT molecular complexity index is 628. The Hall–Kier alpha value is -2.31. The second kappa shape index (κ2) is 5.59. The molecule has 0 bridgehead atoms. The van der Waals surface area contributed by atoms with Crippen molar-refractivity contribution in [3.63, 3.8) is 0 Å². The second-order valence-corrected chi connectivity index (χ2v) is 5.80. The average molecular weight is 290 g/mol. The van der Waals surface area contributed by atoms with Crippen molar-refractivity contribution in [2.24, 2.45) is 0 Å². The van der Waals surface area contributed by atoms with E-state index >= 15 is 0 Å². The Kier molecular flexibility index (Phi) is 4.02. The molecule has 0 aliphatic heterocycles. The Morgan fingerprint density at radius 3 is 2.52 bits per heavy atom. The van der Waals surface area contributed by atoms with Crippen LogP contribution in [0.15, 0.2) is 16.9 Å². The summed E-state index contributed by atoms with van der Waals surface area (Å²) in [6.07, 6.45) is 2.23. The minimum absolute atomic E-state index is 0.142. The molecule has 7 nitrogen and oxygen atoms in total. The molecule has 2 rings (SSSR count). The predicted octanol–water partition coefficient (Wildman–Crippen LogP) is 2.38. The molecule has 2 heterocycles. The molecule has 0 radical (unpaired) electrons. The standard InChI is InChI=1S/C14H18N4O3/c1-8-6-16-10(7-15-8)12(19)20-9(2)11-17-13(18-21-11)14(3,4)5/h6-7,9H,1-5H3/t9-/m1/s1. The van der Waals surface area contributed by atoms with Crippen molar-refractivity contribution in [1.82, 2.24) is 20.1 Å². The Morgan fingerprint density at radius 2 is 2.00 bits per heavy atom. The van der Waals surface area contributed by atoms with Gasteiger partial charge in [-0.25, -0.2) is 9.78 Å². The van der Waals surface area contributed by atoms with E-state index in [0.717, 1.165) is 5.69 Å².